The number of rotatable bonds is 8. The molecule has 1 aliphatic rings. The van der Waals surface area contributed by atoms with Crippen LogP contribution in [0.15, 0.2) is 12.3 Å². The molecule has 6 unspecified atom stereocenters. The maximum absolute atomic E-state index is 10.7. The maximum Gasteiger partial charge on any atom is 0.217 e. The molecule has 6 atom stereocenters. The molecule has 10 heteroatoms. The van der Waals surface area contributed by atoms with Gasteiger partial charge in [0.2, 0.25) is 5.91 Å². The van der Waals surface area contributed by atoms with Crippen molar-refractivity contribution in [2.45, 2.75) is 64.4 Å². The number of hydroxylamine groups is 1. The van der Waals surface area contributed by atoms with Crippen LogP contribution in [0, 0.1) is 0 Å². The normalized spacial score (nSPS) is 29.6. The number of aliphatic hydroxyl groups is 4. The first-order chi connectivity index (χ1) is 12.3. The van der Waals surface area contributed by atoms with Crippen LogP contribution in [0.3, 0.4) is 0 Å². The minimum absolute atomic E-state index is 0.228. The van der Waals surface area contributed by atoms with Crippen LogP contribution in [-0.4, -0.2) is 82.8 Å². The van der Waals surface area contributed by atoms with Gasteiger partial charge in [-0.2, -0.15) is 5.48 Å². The molecule has 1 rings (SSSR count). The van der Waals surface area contributed by atoms with Crippen molar-refractivity contribution in [2.75, 3.05) is 19.8 Å². The van der Waals surface area contributed by atoms with E-state index in [4.69, 9.17) is 19.4 Å². The van der Waals surface area contributed by atoms with Crippen molar-refractivity contribution in [3.05, 3.63) is 12.3 Å². The summed E-state index contributed by atoms with van der Waals surface area (Å²) in [6, 6.07) is -0.869. The van der Waals surface area contributed by atoms with E-state index in [-0.39, 0.29) is 6.04 Å². The van der Waals surface area contributed by atoms with Crippen molar-refractivity contribution in [1.82, 2.24) is 10.8 Å². The lowest BCUT2D eigenvalue weighted by Crippen LogP contribution is -2.63. The molecule has 0 bridgehead atoms. The molecular formula is C16H32N2O8. The molecule has 0 aromatic heterocycles. The van der Waals surface area contributed by atoms with Gasteiger partial charge in [0.15, 0.2) is 6.29 Å². The minimum Gasteiger partial charge on any atom is -0.417 e. The highest BCUT2D eigenvalue weighted by Crippen LogP contribution is 2.19. The largest absolute Gasteiger partial charge is 0.417 e. The summed E-state index contributed by atoms with van der Waals surface area (Å²) >= 11 is 0. The summed E-state index contributed by atoms with van der Waals surface area (Å²) in [5, 5.41) is 39.4. The Hall–Kier alpha value is -1.27. The Morgan fingerprint density at radius 3 is 2.46 bits per heavy atom. The molecule has 1 heterocycles. The van der Waals surface area contributed by atoms with Crippen LogP contribution in [-0.2, 0) is 19.1 Å². The summed E-state index contributed by atoms with van der Waals surface area (Å²) < 4.78 is 9.97. The van der Waals surface area contributed by atoms with Crippen molar-refractivity contribution in [3.63, 3.8) is 0 Å². The second-order valence-corrected chi connectivity index (χ2v) is 5.72. The average Bonchev–Trinajstić information content (AvgIpc) is 2.60. The van der Waals surface area contributed by atoms with E-state index in [1.807, 2.05) is 26.8 Å². The number of allylic oxidation sites excluding steroid dienone is 1. The fourth-order valence-electron chi connectivity index (χ4n) is 2.04. The fraction of sp³-hybridized carbons (Fsp3) is 0.812. The highest BCUT2D eigenvalue weighted by atomic mass is 16.6. The molecule has 0 aromatic carbocycles. The predicted molar refractivity (Wildman–Crippen MR) is 92.6 cm³/mol. The van der Waals surface area contributed by atoms with Crippen LogP contribution >= 0.6 is 0 Å². The number of carbonyl (C=O) groups excluding carboxylic acids is 1. The lowest BCUT2D eigenvalue weighted by molar-refractivity contribution is -0.253. The Labute approximate surface area is 153 Å². The molecule has 26 heavy (non-hydrogen) atoms. The zero-order valence-corrected chi connectivity index (χ0v) is 15.7. The van der Waals surface area contributed by atoms with Crippen LogP contribution in [0.2, 0.25) is 0 Å². The van der Waals surface area contributed by atoms with Gasteiger partial charge in [-0.3, -0.25) is 4.79 Å². The quantitative estimate of drug-likeness (QED) is 0.216. The van der Waals surface area contributed by atoms with Crippen LogP contribution in [0.25, 0.3) is 0 Å². The topological polar surface area (TPSA) is 150 Å². The second kappa shape index (κ2) is 13.9. The van der Waals surface area contributed by atoms with E-state index < -0.39 is 43.2 Å². The summed E-state index contributed by atoms with van der Waals surface area (Å²) in [5.41, 5.74) is 2.81. The lowest BCUT2D eigenvalue weighted by atomic mass is 9.97. The van der Waals surface area contributed by atoms with Crippen LogP contribution in [0.5, 0.6) is 0 Å². The van der Waals surface area contributed by atoms with Gasteiger partial charge in [-0.05, 0) is 20.8 Å². The molecule has 10 nitrogen and oxygen atoms in total. The Kier molecular flexibility index (Phi) is 13.2. The van der Waals surface area contributed by atoms with Crippen LogP contribution in [0.1, 0.15) is 27.7 Å². The Bertz CT molecular complexity index is 410. The van der Waals surface area contributed by atoms with Gasteiger partial charge >= 0.3 is 0 Å². The number of hydrogen-bond acceptors (Lipinski definition) is 9. The Balaban J connectivity index is 0.000000508. The zero-order chi connectivity index (χ0) is 20.1. The molecule has 0 spiro atoms. The van der Waals surface area contributed by atoms with Crippen LogP contribution < -0.4 is 10.8 Å². The van der Waals surface area contributed by atoms with E-state index >= 15 is 0 Å². The molecule has 1 fully saturated rings. The molecule has 1 saturated heterocycles. The summed E-state index contributed by atoms with van der Waals surface area (Å²) in [6.45, 7) is 7.98. The number of nitrogens with one attached hydrogen (secondary N) is 2. The molecule has 0 saturated carbocycles. The van der Waals surface area contributed by atoms with Gasteiger partial charge in [0.05, 0.1) is 19.3 Å². The highest BCUT2D eigenvalue weighted by Gasteiger charge is 2.43. The summed E-state index contributed by atoms with van der Waals surface area (Å²) in [5.74, 6) is -0.462. The van der Waals surface area contributed by atoms with Gasteiger partial charge in [-0.25, -0.2) is 0 Å². The van der Waals surface area contributed by atoms with Gasteiger partial charge in [0.25, 0.3) is 0 Å². The highest BCUT2D eigenvalue weighted by molar-refractivity contribution is 5.73. The smallest absolute Gasteiger partial charge is 0.217 e. The number of carbonyl (C=O) groups is 1. The standard InChI is InChI=1S/C8H15NO6.C8H17NO2/c1-3(11)9-5-7(13)6(12)4(2-10)15-8(5)14;1-4-6-11-9-8(3)7-10-5-2/h4-8,10,12-14H,2H2,1H3,(H,9,11);4,6,8-9H,5,7H2,1-3H3/b;6-4+. The van der Waals surface area contributed by atoms with Crippen molar-refractivity contribution in [2.24, 2.45) is 0 Å². The first-order valence-electron chi connectivity index (χ1n) is 8.46. The van der Waals surface area contributed by atoms with Gasteiger partial charge < -0.3 is 40.1 Å². The molecular weight excluding hydrogens is 348 g/mol. The zero-order valence-electron chi connectivity index (χ0n) is 15.7. The van der Waals surface area contributed by atoms with Crippen LogP contribution in [0.4, 0.5) is 0 Å². The molecule has 1 amide bonds. The fourth-order valence-corrected chi connectivity index (χ4v) is 2.04. The van der Waals surface area contributed by atoms with E-state index in [1.54, 1.807) is 6.26 Å². The van der Waals surface area contributed by atoms with E-state index in [1.165, 1.54) is 6.92 Å². The van der Waals surface area contributed by atoms with Crippen molar-refractivity contribution in [1.29, 1.82) is 0 Å². The third-order valence-electron chi connectivity index (χ3n) is 3.32. The minimum atomic E-state index is -1.45. The maximum atomic E-state index is 10.7. The SMILES string of the molecule is C/C=C/ONC(C)COCC.CC(=O)NC1C(O)OC(CO)C(O)C1O. The van der Waals surface area contributed by atoms with Gasteiger partial charge in [0.1, 0.15) is 30.6 Å². The van der Waals surface area contributed by atoms with Gasteiger partial charge in [0, 0.05) is 13.5 Å². The van der Waals surface area contributed by atoms with Gasteiger partial charge in [-0.1, -0.05) is 6.08 Å². The molecule has 154 valence electrons. The third-order valence-corrected chi connectivity index (χ3v) is 3.32. The molecule has 1 aliphatic heterocycles. The molecule has 0 aromatic rings. The average molecular weight is 380 g/mol. The molecule has 0 aliphatic carbocycles. The van der Waals surface area contributed by atoms with E-state index in [0.29, 0.717) is 6.61 Å². The monoisotopic (exact) mass is 380 g/mol. The molecule has 0 radical (unpaired) electrons. The lowest BCUT2D eigenvalue weighted by Gasteiger charge is -2.40. The number of amides is 1. The number of ether oxygens (including phenoxy) is 2. The number of hydrogen-bond donors (Lipinski definition) is 6. The first kappa shape index (κ1) is 24.7. The Morgan fingerprint density at radius 1 is 1.31 bits per heavy atom. The van der Waals surface area contributed by atoms with Gasteiger partial charge in [-0.15, -0.1) is 0 Å². The summed E-state index contributed by atoms with van der Waals surface area (Å²) in [7, 11) is 0. The van der Waals surface area contributed by atoms with Crippen molar-refractivity contribution >= 4 is 5.91 Å². The summed E-state index contributed by atoms with van der Waals surface area (Å²) in [6.07, 6.45) is -1.82. The summed E-state index contributed by atoms with van der Waals surface area (Å²) in [4.78, 5) is 15.7. The van der Waals surface area contributed by atoms with Crippen molar-refractivity contribution in [3.8, 4) is 0 Å². The predicted octanol–water partition coefficient (Wildman–Crippen LogP) is -1.61. The van der Waals surface area contributed by atoms with E-state index in [0.717, 1.165) is 6.61 Å². The number of aliphatic hydroxyl groups excluding tert-OH is 4. The second-order valence-electron chi connectivity index (χ2n) is 5.72. The Morgan fingerprint density at radius 2 is 1.96 bits per heavy atom. The van der Waals surface area contributed by atoms with Crippen molar-refractivity contribution < 1.29 is 39.5 Å². The van der Waals surface area contributed by atoms with E-state index in [9.17, 15) is 20.1 Å². The third kappa shape index (κ3) is 9.43. The molecule has 6 N–H and O–H groups in total. The first-order valence-corrected chi connectivity index (χ1v) is 8.46. The van der Waals surface area contributed by atoms with E-state index in [2.05, 4.69) is 10.8 Å².